The molecule has 0 radical (unpaired) electrons. The molecule has 3 aromatic rings. The van der Waals surface area contributed by atoms with Crippen LogP contribution in [0.15, 0.2) is 54.7 Å². The van der Waals surface area contributed by atoms with E-state index in [0.29, 0.717) is 0 Å². The third-order valence-electron chi connectivity index (χ3n) is 3.43. The summed E-state index contributed by atoms with van der Waals surface area (Å²) in [7, 11) is 0. The smallest absolute Gasteiger partial charge is 0.0968 e. The van der Waals surface area contributed by atoms with Gasteiger partial charge >= 0.3 is 0 Å². The van der Waals surface area contributed by atoms with Crippen molar-refractivity contribution in [2.24, 2.45) is 0 Å². The van der Waals surface area contributed by atoms with E-state index in [1.54, 1.807) is 0 Å². The molecule has 0 unspecified atom stereocenters. The summed E-state index contributed by atoms with van der Waals surface area (Å²) in [6, 6.07) is 16.5. The zero-order chi connectivity index (χ0) is 14.2. The molecule has 3 rings (SSSR count). The van der Waals surface area contributed by atoms with Gasteiger partial charge in [0.05, 0.1) is 16.7 Å². The number of rotatable bonds is 1. The molecule has 2 heteroatoms. The fourth-order valence-electron chi connectivity index (χ4n) is 2.25. The van der Waals surface area contributed by atoms with Gasteiger partial charge in [0.15, 0.2) is 0 Å². The van der Waals surface area contributed by atoms with E-state index >= 15 is 0 Å². The fraction of sp³-hybridized carbons (Fsp3) is 0.222. The Balaban J connectivity index is 2.28. The lowest BCUT2D eigenvalue weighted by molar-refractivity contribution is 0.569. The maximum absolute atomic E-state index is 4.86. The Labute approximate surface area is 119 Å². The molecule has 0 fully saturated rings. The molecule has 0 N–H and O–H groups in total. The van der Waals surface area contributed by atoms with Gasteiger partial charge in [-0.3, -0.25) is 4.98 Å². The minimum Gasteiger partial charge on any atom is -0.253 e. The molecule has 20 heavy (non-hydrogen) atoms. The molecule has 0 amide bonds. The van der Waals surface area contributed by atoms with Crippen molar-refractivity contribution in [2.75, 3.05) is 0 Å². The molecule has 1 heterocycles. The third-order valence-corrected chi connectivity index (χ3v) is 3.43. The summed E-state index contributed by atoms with van der Waals surface area (Å²) in [5, 5.41) is 0. The van der Waals surface area contributed by atoms with E-state index in [1.807, 2.05) is 24.4 Å². The molecule has 0 saturated carbocycles. The summed E-state index contributed by atoms with van der Waals surface area (Å²) >= 11 is 0. The van der Waals surface area contributed by atoms with Crippen LogP contribution in [-0.4, -0.2) is 9.97 Å². The molecule has 0 bridgehead atoms. The van der Waals surface area contributed by atoms with Crippen LogP contribution in [0.4, 0.5) is 0 Å². The van der Waals surface area contributed by atoms with Crippen LogP contribution >= 0.6 is 0 Å². The Morgan fingerprint density at radius 3 is 2.30 bits per heavy atom. The standard InChI is InChI=1S/C18H18N2/c1-18(2,3)16-12-19-15-11-7-10-14(17(15)20-16)13-8-5-4-6-9-13/h4-12H,1-3H3. The zero-order valence-corrected chi connectivity index (χ0v) is 12.1. The lowest BCUT2D eigenvalue weighted by Crippen LogP contribution is -2.14. The number of aromatic nitrogens is 2. The molecule has 0 aliphatic heterocycles. The van der Waals surface area contributed by atoms with E-state index in [1.165, 1.54) is 5.56 Å². The highest BCUT2D eigenvalue weighted by molar-refractivity contribution is 5.91. The fourth-order valence-corrected chi connectivity index (χ4v) is 2.25. The van der Waals surface area contributed by atoms with Crippen LogP contribution in [0.5, 0.6) is 0 Å². The summed E-state index contributed by atoms with van der Waals surface area (Å²) in [5.41, 5.74) is 5.27. The highest BCUT2D eigenvalue weighted by atomic mass is 14.8. The van der Waals surface area contributed by atoms with Gasteiger partial charge in [0, 0.05) is 17.2 Å². The van der Waals surface area contributed by atoms with Gasteiger partial charge < -0.3 is 0 Å². The predicted octanol–water partition coefficient (Wildman–Crippen LogP) is 4.59. The normalized spacial score (nSPS) is 11.8. The van der Waals surface area contributed by atoms with Crippen molar-refractivity contribution < 1.29 is 0 Å². The molecular formula is C18H18N2. The van der Waals surface area contributed by atoms with Crippen molar-refractivity contribution in [3.8, 4) is 11.1 Å². The van der Waals surface area contributed by atoms with E-state index < -0.39 is 0 Å². The van der Waals surface area contributed by atoms with Crippen LogP contribution in [0.3, 0.4) is 0 Å². The van der Waals surface area contributed by atoms with Crippen molar-refractivity contribution in [1.82, 2.24) is 9.97 Å². The Morgan fingerprint density at radius 1 is 0.850 bits per heavy atom. The Bertz CT molecular complexity index is 740. The summed E-state index contributed by atoms with van der Waals surface area (Å²) in [6.45, 7) is 6.48. The maximum Gasteiger partial charge on any atom is 0.0968 e. The number of hydrogen-bond donors (Lipinski definition) is 0. The SMILES string of the molecule is CC(C)(C)c1cnc2cccc(-c3ccccc3)c2n1. The molecule has 2 nitrogen and oxygen atoms in total. The monoisotopic (exact) mass is 262 g/mol. The van der Waals surface area contributed by atoms with Gasteiger partial charge in [-0.15, -0.1) is 0 Å². The highest BCUT2D eigenvalue weighted by Crippen LogP contribution is 2.28. The van der Waals surface area contributed by atoms with Crippen LogP contribution < -0.4 is 0 Å². The zero-order valence-electron chi connectivity index (χ0n) is 12.1. The van der Waals surface area contributed by atoms with E-state index in [4.69, 9.17) is 4.98 Å². The second kappa shape index (κ2) is 4.71. The van der Waals surface area contributed by atoms with Gasteiger partial charge in [-0.2, -0.15) is 0 Å². The average molecular weight is 262 g/mol. The first kappa shape index (κ1) is 12.8. The summed E-state index contributed by atoms with van der Waals surface area (Å²) in [6.07, 6.45) is 1.89. The number of para-hydroxylation sites is 1. The average Bonchev–Trinajstić information content (AvgIpc) is 2.46. The second-order valence-corrected chi connectivity index (χ2v) is 6.04. The summed E-state index contributed by atoms with van der Waals surface area (Å²) < 4.78 is 0. The van der Waals surface area contributed by atoms with Crippen LogP contribution in [0.1, 0.15) is 26.5 Å². The van der Waals surface area contributed by atoms with Crippen LogP contribution in [0, 0.1) is 0 Å². The largest absolute Gasteiger partial charge is 0.253 e. The number of hydrogen-bond acceptors (Lipinski definition) is 2. The molecule has 0 spiro atoms. The molecule has 100 valence electrons. The van der Waals surface area contributed by atoms with Crippen LogP contribution in [0.25, 0.3) is 22.2 Å². The predicted molar refractivity (Wildman–Crippen MR) is 83.7 cm³/mol. The molecule has 0 atom stereocenters. The van der Waals surface area contributed by atoms with Crippen molar-refractivity contribution in [2.45, 2.75) is 26.2 Å². The topological polar surface area (TPSA) is 25.8 Å². The van der Waals surface area contributed by atoms with E-state index in [-0.39, 0.29) is 5.41 Å². The second-order valence-electron chi connectivity index (χ2n) is 6.04. The van der Waals surface area contributed by atoms with E-state index in [2.05, 4.69) is 56.1 Å². The minimum absolute atomic E-state index is 0.00495. The molecule has 0 aliphatic rings. The van der Waals surface area contributed by atoms with Crippen molar-refractivity contribution >= 4 is 11.0 Å². The number of fused-ring (bicyclic) bond motifs is 1. The van der Waals surface area contributed by atoms with Gasteiger partial charge in [-0.25, -0.2) is 4.98 Å². The lowest BCUT2D eigenvalue weighted by Gasteiger charge is -2.18. The molecule has 0 saturated heterocycles. The van der Waals surface area contributed by atoms with Crippen LogP contribution in [-0.2, 0) is 5.41 Å². The van der Waals surface area contributed by atoms with Gasteiger partial charge in [0.2, 0.25) is 0 Å². The number of benzene rings is 2. The summed E-state index contributed by atoms with van der Waals surface area (Å²) in [4.78, 5) is 9.43. The summed E-state index contributed by atoms with van der Waals surface area (Å²) in [5.74, 6) is 0. The maximum atomic E-state index is 4.86. The van der Waals surface area contributed by atoms with Gasteiger partial charge in [-0.1, -0.05) is 63.2 Å². The lowest BCUT2D eigenvalue weighted by atomic mass is 9.92. The first-order valence-corrected chi connectivity index (χ1v) is 6.87. The van der Waals surface area contributed by atoms with E-state index in [9.17, 15) is 0 Å². The quantitative estimate of drug-likeness (QED) is 0.640. The van der Waals surface area contributed by atoms with Gasteiger partial charge in [0.1, 0.15) is 0 Å². The molecule has 0 aliphatic carbocycles. The highest BCUT2D eigenvalue weighted by Gasteiger charge is 2.17. The Hall–Kier alpha value is -2.22. The van der Waals surface area contributed by atoms with Crippen LogP contribution in [0.2, 0.25) is 0 Å². The number of nitrogens with zero attached hydrogens (tertiary/aromatic N) is 2. The Morgan fingerprint density at radius 2 is 1.60 bits per heavy atom. The Kier molecular flexibility index (Phi) is 3.01. The van der Waals surface area contributed by atoms with Gasteiger partial charge in [0.25, 0.3) is 0 Å². The van der Waals surface area contributed by atoms with E-state index in [0.717, 1.165) is 22.3 Å². The molecule has 2 aromatic carbocycles. The van der Waals surface area contributed by atoms with Crippen molar-refractivity contribution in [3.63, 3.8) is 0 Å². The first-order chi connectivity index (χ1) is 9.55. The van der Waals surface area contributed by atoms with Crippen molar-refractivity contribution in [3.05, 3.63) is 60.4 Å². The first-order valence-electron chi connectivity index (χ1n) is 6.87. The van der Waals surface area contributed by atoms with Crippen molar-refractivity contribution in [1.29, 1.82) is 0 Å². The molecular weight excluding hydrogens is 244 g/mol. The van der Waals surface area contributed by atoms with Gasteiger partial charge in [-0.05, 0) is 11.6 Å². The molecule has 1 aromatic heterocycles. The minimum atomic E-state index is 0.00495. The third kappa shape index (κ3) is 2.29.